The van der Waals surface area contributed by atoms with E-state index in [4.69, 9.17) is 0 Å². The molecule has 0 spiro atoms. The molecule has 2 nitrogen and oxygen atoms in total. The molecule has 0 radical (unpaired) electrons. The lowest BCUT2D eigenvalue weighted by atomic mass is 9.99. The van der Waals surface area contributed by atoms with Gasteiger partial charge in [0.15, 0.2) is 5.12 Å². The molecule has 2 aliphatic carbocycles. The lowest BCUT2D eigenvalue weighted by Crippen LogP contribution is -2.20. The van der Waals surface area contributed by atoms with Gasteiger partial charge in [0.05, 0.1) is 0 Å². The summed E-state index contributed by atoms with van der Waals surface area (Å²) in [5, 5.41) is 0.644. The fraction of sp³-hybridized carbons (Fsp3) is 0.778. The van der Waals surface area contributed by atoms with Crippen molar-refractivity contribution in [2.75, 3.05) is 0 Å². The Morgan fingerprint density at radius 1 is 1.50 bits per heavy atom. The van der Waals surface area contributed by atoms with E-state index in [0.717, 1.165) is 19.3 Å². The van der Waals surface area contributed by atoms with Crippen LogP contribution >= 0.6 is 11.8 Å². The van der Waals surface area contributed by atoms with Crippen LogP contribution < -0.4 is 0 Å². The molecular formula is C9H12O2S. The molecule has 2 fully saturated rings. The first-order chi connectivity index (χ1) is 5.66. The zero-order valence-electron chi connectivity index (χ0n) is 7.08. The molecule has 3 atom stereocenters. The molecule has 0 N–H and O–H groups in total. The predicted molar refractivity (Wildman–Crippen MR) is 47.9 cm³/mol. The van der Waals surface area contributed by atoms with E-state index in [2.05, 4.69) is 0 Å². The maximum absolute atomic E-state index is 11.2. The molecule has 0 unspecified atom stereocenters. The van der Waals surface area contributed by atoms with Crippen molar-refractivity contribution in [3.8, 4) is 0 Å². The Hall–Kier alpha value is -0.310. The second kappa shape index (κ2) is 2.87. The molecule has 0 aromatic rings. The Morgan fingerprint density at radius 3 is 2.67 bits per heavy atom. The van der Waals surface area contributed by atoms with Gasteiger partial charge in [-0.2, -0.15) is 0 Å². The molecule has 0 amide bonds. The van der Waals surface area contributed by atoms with E-state index in [0.29, 0.717) is 22.9 Å². The van der Waals surface area contributed by atoms with Crippen LogP contribution in [0.1, 0.15) is 26.2 Å². The van der Waals surface area contributed by atoms with Crippen LogP contribution in [0.2, 0.25) is 0 Å². The molecule has 66 valence electrons. The monoisotopic (exact) mass is 184 g/mol. The van der Waals surface area contributed by atoms with Gasteiger partial charge in [-0.1, -0.05) is 11.8 Å². The molecule has 2 aliphatic rings. The first kappa shape index (κ1) is 8.30. The van der Waals surface area contributed by atoms with Gasteiger partial charge in [-0.05, 0) is 18.8 Å². The van der Waals surface area contributed by atoms with Gasteiger partial charge in [0.25, 0.3) is 0 Å². The Morgan fingerprint density at radius 2 is 2.25 bits per heavy atom. The Kier molecular flexibility index (Phi) is 1.99. The van der Waals surface area contributed by atoms with Crippen LogP contribution in [0.25, 0.3) is 0 Å². The van der Waals surface area contributed by atoms with Crippen molar-refractivity contribution in [3.05, 3.63) is 0 Å². The van der Waals surface area contributed by atoms with E-state index in [-0.39, 0.29) is 5.12 Å². The first-order valence-corrected chi connectivity index (χ1v) is 5.24. The number of rotatable bonds is 1. The van der Waals surface area contributed by atoms with Crippen LogP contribution in [-0.4, -0.2) is 16.1 Å². The molecule has 0 aromatic heterocycles. The topological polar surface area (TPSA) is 34.1 Å². The molecule has 0 heterocycles. The van der Waals surface area contributed by atoms with Gasteiger partial charge in [-0.25, -0.2) is 0 Å². The summed E-state index contributed by atoms with van der Waals surface area (Å²) in [4.78, 5) is 22.0. The molecule has 2 rings (SSSR count). The first-order valence-electron chi connectivity index (χ1n) is 4.36. The highest BCUT2D eigenvalue weighted by atomic mass is 32.2. The maximum atomic E-state index is 11.2. The molecule has 2 bridgehead atoms. The van der Waals surface area contributed by atoms with Gasteiger partial charge in [-0.15, -0.1) is 0 Å². The number of Topliss-reactive ketones (excluding diaryl/α,β-unsaturated/α-hetero) is 1. The van der Waals surface area contributed by atoms with E-state index < -0.39 is 0 Å². The van der Waals surface area contributed by atoms with Crippen molar-refractivity contribution >= 4 is 22.7 Å². The fourth-order valence-corrected chi connectivity index (χ4v) is 3.50. The van der Waals surface area contributed by atoms with Crippen LogP contribution in [0.4, 0.5) is 0 Å². The predicted octanol–water partition coefficient (Wildman–Crippen LogP) is 1.63. The molecular weight excluding hydrogens is 172 g/mol. The fourth-order valence-electron chi connectivity index (χ4n) is 2.35. The Balaban J connectivity index is 1.98. The van der Waals surface area contributed by atoms with Crippen LogP contribution in [0.5, 0.6) is 0 Å². The van der Waals surface area contributed by atoms with Crippen molar-refractivity contribution in [1.82, 2.24) is 0 Å². The maximum Gasteiger partial charge on any atom is 0.186 e. The van der Waals surface area contributed by atoms with Crippen molar-refractivity contribution < 1.29 is 9.59 Å². The molecule has 2 saturated carbocycles. The van der Waals surface area contributed by atoms with Crippen molar-refractivity contribution in [2.45, 2.75) is 31.4 Å². The normalized spacial score (nSPS) is 39.1. The molecule has 0 saturated heterocycles. The number of thioether (sulfide) groups is 1. The summed E-state index contributed by atoms with van der Waals surface area (Å²) in [5.41, 5.74) is 0. The third-order valence-corrected chi connectivity index (χ3v) is 4.08. The minimum atomic E-state index is 0.194. The van der Waals surface area contributed by atoms with Crippen LogP contribution in [0.3, 0.4) is 0 Å². The lowest BCUT2D eigenvalue weighted by molar-refractivity contribution is -0.121. The van der Waals surface area contributed by atoms with Crippen LogP contribution in [0.15, 0.2) is 0 Å². The number of hydrogen-bond donors (Lipinski definition) is 0. The zero-order chi connectivity index (χ0) is 8.72. The summed E-state index contributed by atoms with van der Waals surface area (Å²) >= 11 is 1.44. The quantitative estimate of drug-likeness (QED) is 0.621. The summed E-state index contributed by atoms with van der Waals surface area (Å²) in [6.07, 6.45) is 2.73. The minimum Gasteiger partial charge on any atom is -0.299 e. The van der Waals surface area contributed by atoms with Gasteiger partial charge >= 0.3 is 0 Å². The van der Waals surface area contributed by atoms with Gasteiger partial charge in [-0.3, -0.25) is 9.59 Å². The summed E-state index contributed by atoms with van der Waals surface area (Å²) in [5.74, 6) is 1.24. The van der Waals surface area contributed by atoms with Crippen LogP contribution in [-0.2, 0) is 9.59 Å². The lowest BCUT2D eigenvalue weighted by Gasteiger charge is -2.18. The van der Waals surface area contributed by atoms with Crippen molar-refractivity contribution in [3.63, 3.8) is 0 Å². The van der Waals surface area contributed by atoms with Gasteiger partial charge in [0, 0.05) is 24.5 Å². The van der Waals surface area contributed by atoms with Gasteiger partial charge < -0.3 is 0 Å². The zero-order valence-corrected chi connectivity index (χ0v) is 7.89. The van der Waals surface area contributed by atoms with Crippen LogP contribution in [0, 0.1) is 11.8 Å². The smallest absolute Gasteiger partial charge is 0.186 e. The van der Waals surface area contributed by atoms with E-state index in [1.807, 2.05) is 0 Å². The second-order valence-electron chi connectivity index (χ2n) is 3.75. The highest BCUT2D eigenvalue weighted by molar-refractivity contribution is 8.14. The van der Waals surface area contributed by atoms with Crippen molar-refractivity contribution in [2.24, 2.45) is 11.8 Å². The molecule has 0 aliphatic heterocycles. The second-order valence-corrected chi connectivity index (χ2v) is 5.16. The summed E-state index contributed by atoms with van der Waals surface area (Å²) < 4.78 is 0. The SMILES string of the molecule is CC(=O)S[C@@H]1C[C@@H]2C[C@H]1CC2=O. The highest BCUT2D eigenvalue weighted by Crippen LogP contribution is 2.47. The van der Waals surface area contributed by atoms with E-state index in [1.165, 1.54) is 11.8 Å². The highest BCUT2D eigenvalue weighted by Gasteiger charge is 2.45. The minimum absolute atomic E-state index is 0.194. The average Bonchev–Trinajstić information content (AvgIpc) is 2.44. The number of ketones is 1. The number of fused-ring (bicyclic) bond motifs is 2. The van der Waals surface area contributed by atoms with Gasteiger partial charge in [0.2, 0.25) is 0 Å². The Bertz CT molecular complexity index is 237. The Labute approximate surface area is 76.1 Å². The number of carbonyl (C=O) groups excluding carboxylic acids is 2. The number of hydrogen-bond acceptors (Lipinski definition) is 3. The van der Waals surface area contributed by atoms with Gasteiger partial charge in [0.1, 0.15) is 5.78 Å². The molecule has 0 aromatic carbocycles. The van der Waals surface area contributed by atoms with E-state index >= 15 is 0 Å². The standard InChI is InChI=1S/C9H12O2S/c1-5(10)12-9-4-6-2-7(9)3-8(6)11/h6-7,9H,2-4H2,1H3/t6-,7-,9+/m0/s1. The largest absolute Gasteiger partial charge is 0.299 e. The molecule has 3 heteroatoms. The summed E-state index contributed by atoms with van der Waals surface area (Å²) in [6, 6.07) is 0. The van der Waals surface area contributed by atoms with Crippen molar-refractivity contribution in [1.29, 1.82) is 0 Å². The van der Waals surface area contributed by atoms with E-state index in [1.54, 1.807) is 6.92 Å². The average molecular weight is 184 g/mol. The molecule has 12 heavy (non-hydrogen) atoms. The summed E-state index contributed by atoms with van der Waals surface area (Å²) in [6.45, 7) is 1.61. The van der Waals surface area contributed by atoms with E-state index in [9.17, 15) is 9.59 Å². The third-order valence-electron chi connectivity index (χ3n) is 2.87. The third kappa shape index (κ3) is 1.30. The number of carbonyl (C=O) groups is 2. The summed E-state index contributed by atoms with van der Waals surface area (Å²) in [7, 11) is 0.